The van der Waals surface area contributed by atoms with Gasteiger partial charge in [-0.05, 0) is 62.5 Å². The second-order valence-corrected chi connectivity index (χ2v) is 5.06. The lowest BCUT2D eigenvalue weighted by Gasteiger charge is -2.04. The number of hydrogen-bond donors (Lipinski definition) is 1. The molecule has 2 heteroatoms. The van der Waals surface area contributed by atoms with Crippen molar-refractivity contribution in [1.82, 2.24) is 10.3 Å². The van der Waals surface area contributed by atoms with E-state index in [1.165, 1.54) is 17.4 Å². The van der Waals surface area contributed by atoms with Crippen LogP contribution in [-0.4, -0.2) is 18.6 Å². The minimum Gasteiger partial charge on any atom is -0.319 e. The van der Waals surface area contributed by atoms with E-state index >= 15 is 0 Å². The van der Waals surface area contributed by atoms with Crippen molar-refractivity contribution in [2.45, 2.75) is 19.3 Å². The van der Waals surface area contributed by atoms with Crippen molar-refractivity contribution in [1.29, 1.82) is 0 Å². The molecule has 1 aromatic carbocycles. The maximum atomic E-state index is 4.54. The second-order valence-electron chi connectivity index (χ2n) is 5.06. The first kappa shape index (κ1) is 10.7. The summed E-state index contributed by atoms with van der Waals surface area (Å²) in [5.41, 5.74) is 3.67. The van der Waals surface area contributed by atoms with Gasteiger partial charge in [0.2, 0.25) is 0 Å². The van der Waals surface area contributed by atoms with Gasteiger partial charge in [0, 0.05) is 11.1 Å². The van der Waals surface area contributed by atoms with Crippen LogP contribution in [0.4, 0.5) is 0 Å². The summed E-state index contributed by atoms with van der Waals surface area (Å²) < 4.78 is 0. The molecule has 1 aromatic heterocycles. The molecule has 0 radical (unpaired) electrons. The molecule has 2 unspecified atom stereocenters. The van der Waals surface area contributed by atoms with Crippen molar-refractivity contribution in [3.05, 3.63) is 41.6 Å². The predicted octanol–water partition coefficient (Wildman–Crippen LogP) is 2.87. The molecule has 2 nitrogen and oxygen atoms in total. The van der Waals surface area contributed by atoms with Gasteiger partial charge in [-0.15, -0.1) is 0 Å². The maximum absolute atomic E-state index is 4.54. The number of fused-ring (bicyclic) bond motifs is 1. The molecular weight excluding hydrogens is 208 g/mol. The van der Waals surface area contributed by atoms with Crippen LogP contribution >= 0.6 is 0 Å². The van der Waals surface area contributed by atoms with Crippen LogP contribution in [0, 0.1) is 12.8 Å². The van der Waals surface area contributed by atoms with Gasteiger partial charge in [-0.2, -0.15) is 0 Å². The zero-order chi connectivity index (χ0) is 11.8. The van der Waals surface area contributed by atoms with E-state index in [1.54, 1.807) is 0 Å². The van der Waals surface area contributed by atoms with Crippen LogP contribution in [0.5, 0.6) is 0 Å². The van der Waals surface area contributed by atoms with Gasteiger partial charge in [0.25, 0.3) is 0 Å². The van der Waals surface area contributed by atoms with Crippen LogP contribution in [0.1, 0.15) is 23.6 Å². The summed E-state index contributed by atoms with van der Waals surface area (Å²) >= 11 is 0. The lowest BCUT2D eigenvalue weighted by Crippen LogP contribution is -2.10. The molecular formula is C15H18N2. The average molecular weight is 226 g/mol. The van der Waals surface area contributed by atoms with E-state index in [1.807, 2.05) is 14.0 Å². The molecule has 2 atom stereocenters. The number of nitrogens with zero attached hydrogens (tertiary/aromatic N) is 1. The van der Waals surface area contributed by atoms with E-state index in [0.717, 1.165) is 29.6 Å². The molecule has 1 saturated carbocycles. The summed E-state index contributed by atoms with van der Waals surface area (Å²) in [5, 5.41) is 4.53. The Kier molecular flexibility index (Phi) is 2.60. The van der Waals surface area contributed by atoms with Gasteiger partial charge in [-0.3, -0.25) is 4.98 Å². The molecule has 0 spiro atoms. The lowest BCUT2D eigenvalue weighted by atomic mass is 10.1. The highest BCUT2D eigenvalue weighted by Crippen LogP contribution is 2.47. The van der Waals surface area contributed by atoms with Gasteiger partial charge in [0.1, 0.15) is 0 Å². The zero-order valence-electron chi connectivity index (χ0n) is 10.4. The summed E-state index contributed by atoms with van der Waals surface area (Å²) in [6.45, 7) is 3.17. The molecule has 0 bridgehead atoms. The first-order chi connectivity index (χ1) is 8.28. The maximum Gasteiger partial charge on any atom is 0.0705 e. The Bertz CT molecular complexity index is 548. The first-order valence-corrected chi connectivity index (χ1v) is 6.30. The van der Waals surface area contributed by atoms with Crippen molar-refractivity contribution in [3.63, 3.8) is 0 Å². The minimum absolute atomic E-state index is 0.758. The highest BCUT2D eigenvalue weighted by molar-refractivity contribution is 5.79. The highest BCUT2D eigenvalue weighted by Gasteiger charge is 2.37. The highest BCUT2D eigenvalue weighted by atomic mass is 14.8. The van der Waals surface area contributed by atoms with E-state index in [-0.39, 0.29) is 0 Å². The fraction of sp³-hybridized carbons (Fsp3) is 0.400. The summed E-state index contributed by atoms with van der Waals surface area (Å²) in [7, 11) is 2.03. The van der Waals surface area contributed by atoms with Gasteiger partial charge < -0.3 is 5.32 Å². The van der Waals surface area contributed by atoms with E-state index < -0.39 is 0 Å². The van der Waals surface area contributed by atoms with Crippen molar-refractivity contribution < 1.29 is 0 Å². The monoisotopic (exact) mass is 226 g/mol. The number of aryl methyl sites for hydroxylation is 1. The quantitative estimate of drug-likeness (QED) is 0.870. The van der Waals surface area contributed by atoms with Gasteiger partial charge in [0.05, 0.1) is 5.52 Å². The summed E-state index contributed by atoms with van der Waals surface area (Å²) in [4.78, 5) is 4.54. The zero-order valence-corrected chi connectivity index (χ0v) is 10.4. The molecule has 1 fully saturated rings. The topological polar surface area (TPSA) is 24.9 Å². The van der Waals surface area contributed by atoms with Crippen LogP contribution in [-0.2, 0) is 0 Å². The lowest BCUT2D eigenvalue weighted by molar-refractivity contribution is 0.698. The molecule has 0 saturated heterocycles. The predicted molar refractivity (Wildman–Crippen MR) is 71.3 cm³/mol. The molecule has 1 heterocycles. The molecule has 0 amide bonds. The Hall–Kier alpha value is -1.41. The second kappa shape index (κ2) is 4.11. The molecule has 1 aliphatic carbocycles. The average Bonchev–Trinajstić information content (AvgIpc) is 3.08. The summed E-state index contributed by atoms with van der Waals surface area (Å²) in [6.07, 6.45) is 1.33. The van der Waals surface area contributed by atoms with E-state index in [9.17, 15) is 0 Å². The van der Waals surface area contributed by atoms with Gasteiger partial charge in [-0.25, -0.2) is 0 Å². The molecule has 1 N–H and O–H groups in total. The standard InChI is InChI=1S/C15H18N2/c1-10-3-4-12-7-11(5-6-15(12)17-10)14-8-13(14)9-16-2/h3-7,13-14,16H,8-9H2,1-2H3. The van der Waals surface area contributed by atoms with Crippen molar-refractivity contribution >= 4 is 10.9 Å². The van der Waals surface area contributed by atoms with Crippen LogP contribution < -0.4 is 5.32 Å². The third-order valence-corrected chi connectivity index (χ3v) is 3.67. The summed E-state index contributed by atoms with van der Waals surface area (Å²) in [6, 6.07) is 11.0. The van der Waals surface area contributed by atoms with Crippen LogP contribution in [0.25, 0.3) is 10.9 Å². The van der Waals surface area contributed by atoms with Crippen molar-refractivity contribution in [3.8, 4) is 0 Å². The van der Waals surface area contributed by atoms with Crippen molar-refractivity contribution in [2.24, 2.45) is 5.92 Å². The number of hydrogen-bond acceptors (Lipinski definition) is 2. The van der Waals surface area contributed by atoms with Crippen LogP contribution in [0.3, 0.4) is 0 Å². The Labute approximate surface area is 102 Å². The van der Waals surface area contributed by atoms with Crippen LogP contribution in [0.15, 0.2) is 30.3 Å². The molecule has 3 rings (SSSR count). The van der Waals surface area contributed by atoms with E-state index in [4.69, 9.17) is 0 Å². The first-order valence-electron chi connectivity index (χ1n) is 6.30. The fourth-order valence-corrected chi connectivity index (χ4v) is 2.62. The number of nitrogens with one attached hydrogen (secondary N) is 1. The minimum atomic E-state index is 0.758. The third-order valence-electron chi connectivity index (χ3n) is 3.67. The Morgan fingerprint density at radius 3 is 3.00 bits per heavy atom. The molecule has 0 aliphatic heterocycles. The van der Waals surface area contributed by atoms with Gasteiger partial charge >= 0.3 is 0 Å². The number of rotatable bonds is 3. The third kappa shape index (κ3) is 2.05. The van der Waals surface area contributed by atoms with E-state index in [2.05, 4.69) is 40.6 Å². The smallest absolute Gasteiger partial charge is 0.0705 e. The van der Waals surface area contributed by atoms with E-state index in [0.29, 0.717) is 0 Å². The molecule has 1 aliphatic rings. The van der Waals surface area contributed by atoms with Gasteiger partial charge in [0.15, 0.2) is 0 Å². The summed E-state index contributed by atoms with van der Waals surface area (Å²) in [5.74, 6) is 1.59. The van der Waals surface area contributed by atoms with Crippen molar-refractivity contribution in [2.75, 3.05) is 13.6 Å². The molecule has 88 valence electrons. The molecule has 2 aromatic rings. The largest absolute Gasteiger partial charge is 0.319 e. The van der Waals surface area contributed by atoms with Crippen LogP contribution in [0.2, 0.25) is 0 Å². The SMILES string of the molecule is CNCC1CC1c1ccc2nc(C)ccc2c1. The fourth-order valence-electron chi connectivity index (χ4n) is 2.62. The normalized spacial score (nSPS) is 22.9. The molecule has 17 heavy (non-hydrogen) atoms. The Morgan fingerprint density at radius 1 is 1.29 bits per heavy atom. The number of pyridine rings is 1. The Morgan fingerprint density at radius 2 is 2.18 bits per heavy atom. The number of aromatic nitrogens is 1. The Balaban J connectivity index is 1.90. The number of benzene rings is 1. The van der Waals surface area contributed by atoms with Gasteiger partial charge in [-0.1, -0.05) is 12.1 Å².